The van der Waals surface area contributed by atoms with E-state index in [2.05, 4.69) is 4.98 Å². The highest BCUT2D eigenvalue weighted by molar-refractivity contribution is 6.07. The first kappa shape index (κ1) is 10.8. The lowest BCUT2D eigenvalue weighted by molar-refractivity contribution is 0.0989. The highest BCUT2D eigenvalue weighted by Crippen LogP contribution is 2.28. The zero-order valence-corrected chi connectivity index (χ0v) is 9.72. The topological polar surface area (TPSA) is 53.2 Å². The number of anilines is 1. The summed E-state index contributed by atoms with van der Waals surface area (Å²) in [6.07, 6.45) is 2.34. The SMILES string of the molecule is O=C(c1ccc(=O)[nH]c1)N1CCc2ccccc21. The quantitative estimate of drug-likeness (QED) is 0.822. The Kier molecular flexibility index (Phi) is 2.48. The second-order valence-corrected chi connectivity index (χ2v) is 4.28. The summed E-state index contributed by atoms with van der Waals surface area (Å²) in [5.74, 6) is -0.0730. The second kappa shape index (κ2) is 4.14. The third-order valence-electron chi connectivity index (χ3n) is 3.16. The van der Waals surface area contributed by atoms with E-state index in [4.69, 9.17) is 0 Å². The second-order valence-electron chi connectivity index (χ2n) is 4.28. The van der Waals surface area contributed by atoms with E-state index < -0.39 is 0 Å². The lowest BCUT2D eigenvalue weighted by atomic mass is 10.2. The third-order valence-corrected chi connectivity index (χ3v) is 3.16. The minimum absolute atomic E-state index is 0.0730. The van der Waals surface area contributed by atoms with Gasteiger partial charge in [-0.3, -0.25) is 9.59 Å². The fourth-order valence-electron chi connectivity index (χ4n) is 2.25. The van der Waals surface area contributed by atoms with Gasteiger partial charge >= 0.3 is 0 Å². The van der Waals surface area contributed by atoms with Gasteiger partial charge in [-0.1, -0.05) is 18.2 Å². The number of nitrogens with one attached hydrogen (secondary N) is 1. The number of rotatable bonds is 1. The molecule has 0 aliphatic carbocycles. The van der Waals surface area contributed by atoms with Gasteiger partial charge < -0.3 is 9.88 Å². The predicted molar refractivity (Wildman–Crippen MR) is 68.9 cm³/mol. The van der Waals surface area contributed by atoms with Crippen molar-refractivity contribution in [3.05, 3.63) is 64.1 Å². The van der Waals surface area contributed by atoms with Gasteiger partial charge in [-0.2, -0.15) is 0 Å². The number of H-pyrrole nitrogens is 1. The molecule has 0 saturated carbocycles. The maximum atomic E-state index is 12.3. The number of pyridine rings is 1. The summed E-state index contributed by atoms with van der Waals surface area (Å²) in [5.41, 5.74) is 2.46. The average molecular weight is 240 g/mol. The molecular formula is C14H12N2O2. The van der Waals surface area contributed by atoms with Gasteiger partial charge in [-0.25, -0.2) is 0 Å². The molecule has 18 heavy (non-hydrogen) atoms. The molecule has 1 aliphatic heterocycles. The molecule has 0 atom stereocenters. The van der Waals surface area contributed by atoms with Crippen molar-refractivity contribution in [2.45, 2.75) is 6.42 Å². The molecule has 1 aromatic carbocycles. The molecule has 0 spiro atoms. The van der Waals surface area contributed by atoms with Crippen LogP contribution in [0.3, 0.4) is 0 Å². The molecule has 0 radical (unpaired) electrons. The van der Waals surface area contributed by atoms with E-state index in [0.29, 0.717) is 12.1 Å². The van der Waals surface area contributed by atoms with Crippen molar-refractivity contribution in [2.24, 2.45) is 0 Å². The van der Waals surface area contributed by atoms with Crippen LogP contribution in [0.1, 0.15) is 15.9 Å². The highest BCUT2D eigenvalue weighted by atomic mass is 16.2. The van der Waals surface area contributed by atoms with E-state index in [-0.39, 0.29) is 11.5 Å². The van der Waals surface area contributed by atoms with E-state index in [1.54, 1.807) is 11.0 Å². The van der Waals surface area contributed by atoms with E-state index in [9.17, 15) is 9.59 Å². The molecule has 0 unspecified atom stereocenters. The Morgan fingerprint density at radius 1 is 1.17 bits per heavy atom. The van der Waals surface area contributed by atoms with Gasteiger partial charge in [0.1, 0.15) is 0 Å². The zero-order valence-electron chi connectivity index (χ0n) is 9.72. The number of hydrogen-bond donors (Lipinski definition) is 1. The summed E-state index contributed by atoms with van der Waals surface area (Å²) in [5, 5.41) is 0. The van der Waals surface area contributed by atoms with Crippen LogP contribution in [0, 0.1) is 0 Å². The summed E-state index contributed by atoms with van der Waals surface area (Å²) in [6, 6.07) is 10.8. The maximum absolute atomic E-state index is 12.3. The van der Waals surface area contributed by atoms with Crippen LogP contribution < -0.4 is 10.5 Å². The van der Waals surface area contributed by atoms with E-state index in [1.807, 2.05) is 24.3 Å². The minimum Gasteiger partial charge on any atom is -0.328 e. The molecule has 1 aromatic heterocycles. The van der Waals surface area contributed by atoms with Gasteiger partial charge in [0, 0.05) is 24.5 Å². The van der Waals surface area contributed by atoms with Crippen LogP contribution in [0.15, 0.2) is 47.4 Å². The number of amides is 1. The minimum atomic E-state index is -0.201. The Balaban J connectivity index is 1.95. The number of carbonyl (C=O) groups excluding carboxylic acids is 1. The molecule has 0 saturated heterocycles. The number of carbonyl (C=O) groups is 1. The standard InChI is InChI=1S/C14H12N2O2/c17-13-6-5-11(9-15-13)14(18)16-8-7-10-3-1-2-4-12(10)16/h1-6,9H,7-8H2,(H,15,17). The van der Waals surface area contributed by atoms with Crippen molar-refractivity contribution in [3.63, 3.8) is 0 Å². The van der Waals surface area contributed by atoms with Gasteiger partial charge in [-0.05, 0) is 24.1 Å². The van der Waals surface area contributed by atoms with Gasteiger partial charge in [0.25, 0.3) is 5.91 Å². The smallest absolute Gasteiger partial charge is 0.259 e. The van der Waals surface area contributed by atoms with Crippen LogP contribution in [0.25, 0.3) is 0 Å². The lowest BCUT2D eigenvalue weighted by Gasteiger charge is -2.16. The fourth-order valence-corrected chi connectivity index (χ4v) is 2.25. The Bertz CT molecular complexity index is 640. The fraction of sp³-hybridized carbons (Fsp3) is 0.143. The summed E-state index contributed by atoms with van der Waals surface area (Å²) < 4.78 is 0. The summed E-state index contributed by atoms with van der Waals surface area (Å²) in [6.45, 7) is 0.692. The summed E-state index contributed by atoms with van der Waals surface area (Å²) >= 11 is 0. The molecule has 2 aromatic rings. The molecule has 1 N–H and O–H groups in total. The molecule has 0 fully saturated rings. The van der Waals surface area contributed by atoms with Crippen LogP contribution in [0.5, 0.6) is 0 Å². The number of hydrogen-bond acceptors (Lipinski definition) is 2. The van der Waals surface area contributed by atoms with Gasteiger partial charge in [0.15, 0.2) is 0 Å². The Labute approximate surface area is 104 Å². The summed E-state index contributed by atoms with van der Waals surface area (Å²) in [4.78, 5) is 27.6. The van der Waals surface area contributed by atoms with Crippen LogP contribution in [0.4, 0.5) is 5.69 Å². The first-order valence-corrected chi connectivity index (χ1v) is 5.84. The van der Waals surface area contributed by atoms with Crippen molar-refractivity contribution in [1.82, 2.24) is 4.98 Å². The van der Waals surface area contributed by atoms with Crippen molar-refractivity contribution in [2.75, 3.05) is 11.4 Å². The number of nitrogens with zero attached hydrogens (tertiary/aromatic N) is 1. The first-order chi connectivity index (χ1) is 8.75. The first-order valence-electron chi connectivity index (χ1n) is 5.84. The Morgan fingerprint density at radius 3 is 2.78 bits per heavy atom. The highest BCUT2D eigenvalue weighted by Gasteiger charge is 2.24. The molecule has 4 nitrogen and oxygen atoms in total. The normalized spacial score (nSPS) is 13.4. The number of fused-ring (bicyclic) bond motifs is 1. The Hall–Kier alpha value is -2.36. The molecule has 3 rings (SSSR count). The van der Waals surface area contributed by atoms with E-state index in [1.165, 1.54) is 17.8 Å². The number of para-hydroxylation sites is 1. The van der Waals surface area contributed by atoms with Gasteiger partial charge in [-0.15, -0.1) is 0 Å². The van der Waals surface area contributed by atoms with Gasteiger partial charge in [0.05, 0.1) is 5.56 Å². The molecule has 0 bridgehead atoms. The average Bonchev–Trinajstić information content (AvgIpc) is 2.82. The number of aromatic nitrogens is 1. The molecule has 1 aliphatic rings. The van der Waals surface area contributed by atoms with E-state index in [0.717, 1.165) is 12.1 Å². The van der Waals surface area contributed by atoms with Crippen molar-refractivity contribution >= 4 is 11.6 Å². The van der Waals surface area contributed by atoms with Crippen molar-refractivity contribution in [1.29, 1.82) is 0 Å². The third kappa shape index (κ3) is 1.72. The Morgan fingerprint density at radius 2 is 2.00 bits per heavy atom. The molecule has 2 heterocycles. The van der Waals surface area contributed by atoms with Crippen LogP contribution in [0.2, 0.25) is 0 Å². The lowest BCUT2D eigenvalue weighted by Crippen LogP contribution is -2.29. The molecule has 4 heteroatoms. The summed E-state index contributed by atoms with van der Waals surface area (Å²) in [7, 11) is 0. The van der Waals surface area contributed by atoms with Gasteiger partial charge in [0.2, 0.25) is 5.56 Å². The monoisotopic (exact) mass is 240 g/mol. The molecule has 1 amide bonds. The maximum Gasteiger partial charge on any atom is 0.259 e. The zero-order chi connectivity index (χ0) is 12.5. The van der Waals surface area contributed by atoms with Crippen LogP contribution in [-0.4, -0.2) is 17.4 Å². The number of benzene rings is 1. The van der Waals surface area contributed by atoms with Crippen molar-refractivity contribution in [3.8, 4) is 0 Å². The predicted octanol–water partition coefficient (Wildman–Crippen LogP) is 1.58. The number of aromatic amines is 1. The van der Waals surface area contributed by atoms with E-state index >= 15 is 0 Å². The largest absolute Gasteiger partial charge is 0.328 e. The molecular weight excluding hydrogens is 228 g/mol. The van der Waals surface area contributed by atoms with Crippen LogP contribution >= 0.6 is 0 Å². The van der Waals surface area contributed by atoms with Crippen LogP contribution in [-0.2, 0) is 6.42 Å². The van der Waals surface area contributed by atoms with Crippen molar-refractivity contribution < 1.29 is 4.79 Å². The molecule has 90 valence electrons.